The predicted octanol–water partition coefficient (Wildman–Crippen LogP) is 4.33. The minimum atomic E-state index is -0.721. The third kappa shape index (κ3) is 8.22. The van der Waals surface area contributed by atoms with E-state index in [1.807, 2.05) is 42.8 Å². The van der Waals surface area contributed by atoms with Crippen molar-refractivity contribution in [2.75, 3.05) is 27.3 Å². The van der Waals surface area contributed by atoms with Gasteiger partial charge in [0.15, 0.2) is 5.78 Å². The van der Waals surface area contributed by atoms with Crippen LogP contribution in [0.5, 0.6) is 0 Å². The zero-order chi connectivity index (χ0) is 41.1. The van der Waals surface area contributed by atoms with Gasteiger partial charge in [-0.3, -0.25) is 24.2 Å². The third-order valence-corrected chi connectivity index (χ3v) is 11.4. The van der Waals surface area contributed by atoms with Crippen LogP contribution in [0.3, 0.4) is 0 Å². The molecular formula is C42H48N8O8. The largest absolute Gasteiger partial charge is 0.453 e. The molecule has 4 N–H and O–H groups in total. The van der Waals surface area contributed by atoms with Crippen LogP contribution in [0.25, 0.3) is 22.5 Å². The Morgan fingerprint density at radius 3 is 2.40 bits per heavy atom. The quantitative estimate of drug-likeness (QED) is 0.158. The van der Waals surface area contributed by atoms with Crippen molar-refractivity contribution in [1.82, 2.24) is 40.4 Å². The number of carbonyl (C=O) groups excluding carboxylic acids is 6. The van der Waals surface area contributed by atoms with E-state index in [9.17, 15) is 28.8 Å². The molecule has 5 atom stereocenters. The van der Waals surface area contributed by atoms with Crippen LogP contribution in [0.4, 0.5) is 9.59 Å². The number of ketones is 2. The van der Waals surface area contributed by atoms with Crippen LogP contribution in [0.1, 0.15) is 78.9 Å². The van der Waals surface area contributed by atoms with E-state index in [4.69, 9.17) is 9.47 Å². The van der Waals surface area contributed by atoms with Gasteiger partial charge in [0.05, 0.1) is 56.2 Å². The summed E-state index contributed by atoms with van der Waals surface area (Å²) < 4.78 is 11.4. The number of likely N-dealkylation sites (tertiary alicyclic amines) is 1. The fourth-order valence-electron chi connectivity index (χ4n) is 8.35. The Balaban J connectivity index is 0.946. The molecule has 0 spiro atoms. The first-order valence-electron chi connectivity index (χ1n) is 19.6. The zero-order valence-electron chi connectivity index (χ0n) is 32.9. The molecule has 1 aromatic carbocycles. The first-order chi connectivity index (χ1) is 27.9. The van der Waals surface area contributed by atoms with Gasteiger partial charge in [-0.1, -0.05) is 38.1 Å². The van der Waals surface area contributed by atoms with Crippen molar-refractivity contribution in [2.45, 2.75) is 76.5 Å². The average Bonchev–Trinajstić information content (AvgIpc) is 4.00. The lowest BCUT2D eigenvalue weighted by atomic mass is 9.79. The molecule has 5 heterocycles. The summed E-state index contributed by atoms with van der Waals surface area (Å²) in [5.74, 6) is -1.69. The number of rotatable bonds is 11. The second-order valence-electron chi connectivity index (χ2n) is 15.4. The van der Waals surface area contributed by atoms with Gasteiger partial charge in [-0.15, -0.1) is 0 Å². The highest BCUT2D eigenvalue weighted by Gasteiger charge is 2.42. The van der Waals surface area contributed by atoms with Crippen LogP contribution in [-0.2, 0) is 36.8 Å². The summed E-state index contributed by atoms with van der Waals surface area (Å²) in [5, 5.41) is 8.21. The molecule has 304 valence electrons. The van der Waals surface area contributed by atoms with Crippen LogP contribution in [0.2, 0.25) is 0 Å². The van der Waals surface area contributed by atoms with Crippen molar-refractivity contribution < 1.29 is 38.2 Å². The summed E-state index contributed by atoms with van der Waals surface area (Å²) in [6.45, 7) is 4.37. The highest BCUT2D eigenvalue weighted by molar-refractivity contribution is 6.00. The molecule has 4 aromatic rings. The van der Waals surface area contributed by atoms with E-state index in [0.29, 0.717) is 43.0 Å². The number of H-pyrrole nitrogens is 1. The molecule has 0 saturated carbocycles. The van der Waals surface area contributed by atoms with Crippen LogP contribution in [-0.4, -0.2) is 99.4 Å². The van der Waals surface area contributed by atoms with E-state index >= 15 is 0 Å². The lowest BCUT2D eigenvalue weighted by Gasteiger charge is -2.31. The van der Waals surface area contributed by atoms with Crippen molar-refractivity contribution in [3.05, 3.63) is 83.7 Å². The fourth-order valence-corrected chi connectivity index (χ4v) is 8.35. The topological polar surface area (TPSA) is 207 Å². The van der Waals surface area contributed by atoms with Crippen LogP contribution < -0.4 is 16.0 Å². The van der Waals surface area contributed by atoms with Gasteiger partial charge in [0.25, 0.3) is 0 Å². The van der Waals surface area contributed by atoms with Crippen molar-refractivity contribution in [1.29, 1.82) is 0 Å². The van der Waals surface area contributed by atoms with Gasteiger partial charge in [0.1, 0.15) is 17.6 Å². The summed E-state index contributed by atoms with van der Waals surface area (Å²) >= 11 is 0. The van der Waals surface area contributed by atoms with Gasteiger partial charge in [-0.2, -0.15) is 0 Å². The number of methoxy groups -OCH3 is 2. The second-order valence-corrected chi connectivity index (χ2v) is 15.4. The first-order valence-corrected chi connectivity index (χ1v) is 19.6. The van der Waals surface area contributed by atoms with Gasteiger partial charge >= 0.3 is 12.2 Å². The van der Waals surface area contributed by atoms with Gasteiger partial charge in [-0.25, -0.2) is 14.6 Å². The number of alkyl carbamates (subject to hydrolysis) is 2. The number of pyridine rings is 1. The summed E-state index contributed by atoms with van der Waals surface area (Å²) in [6.07, 6.45) is 6.90. The number of aryl methyl sites for hydroxylation is 1. The standard InChI is InChI=1S/C42H48N8O8/c1-23(2)36(48-42(56)58-4)40(54)50-16-5-6-32(50)38-44-20-31(46-38)27-12-13-29(43-19-27)24-7-9-25(10-8-24)34(52)21-45-39(53)28-18-33(51)35-30(47-41(55)57-3)14-11-26-15-17-49(22-28)37(26)35/h7-10,12-13,15,17,19-20,23,28,30,32,35-36H,5-6,11,14,16,18,21-22H2,1-4H3,(H,44,46)(H,45,53)(H,47,55)(H,48,56)/t28-,30-,32-,35?,36-/m0/s1. The molecular weight excluding hydrogens is 745 g/mol. The Kier molecular flexibility index (Phi) is 11.7. The number of hydrogen-bond donors (Lipinski definition) is 4. The van der Waals surface area contributed by atoms with Gasteiger partial charge < -0.3 is 39.9 Å². The molecule has 1 fully saturated rings. The van der Waals surface area contributed by atoms with Crippen molar-refractivity contribution >= 4 is 35.6 Å². The van der Waals surface area contributed by atoms with E-state index in [2.05, 4.69) is 30.9 Å². The molecule has 16 heteroatoms. The molecule has 1 saturated heterocycles. The van der Waals surface area contributed by atoms with Crippen molar-refractivity contribution in [3.63, 3.8) is 0 Å². The van der Waals surface area contributed by atoms with E-state index < -0.39 is 36.1 Å². The maximum absolute atomic E-state index is 13.5. The predicted molar refractivity (Wildman–Crippen MR) is 210 cm³/mol. The molecule has 0 radical (unpaired) electrons. The minimum absolute atomic E-state index is 0.0101. The molecule has 0 bridgehead atoms. The number of amides is 4. The van der Waals surface area contributed by atoms with E-state index in [1.165, 1.54) is 14.2 Å². The van der Waals surface area contributed by atoms with Crippen molar-refractivity contribution in [2.24, 2.45) is 11.8 Å². The number of nitrogens with one attached hydrogen (secondary N) is 4. The molecule has 1 unspecified atom stereocenters. The summed E-state index contributed by atoms with van der Waals surface area (Å²) in [7, 11) is 2.55. The summed E-state index contributed by atoms with van der Waals surface area (Å²) in [6, 6.07) is 11.3. The van der Waals surface area contributed by atoms with Crippen LogP contribution in [0.15, 0.2) is 61.1 Å². The van der Waals surface area contributed by atoms with Gasteiger partial charge in [-0.05, 0) is 55.4 Å². The number of imidazole rings is 1. The number of carbonyl (C=O) groups is 6. The minimum Gasteiger partial charge on any atom is -0.453 e. The number of nitrogens with zero attached hydrogens (tertiary/aromatic N) is 4. The molecule has 4 amide bonds. The van der Waals surface area contributed by atoms with Gasteiger partial charge in [0.2, 0.25) is 11.8 Å². The molecule has 7 rings (SSSR count). The number of ether oxygens (including phenoxy) is 2. The molecule has 2 aliphatic heterocycles. The smallest absolute Gasteiger partial charge is 0.407 e. The zero-order valence-corrected chi connectivity index (χ0v) is 32.9. The Labute approximate surface area is 335 Å². The first kappa shape index (κ1) is 39.9. The lowest BCUT2D eigenvalue weighted by Crippen LogP contribution is -2.51. The fraction of sp³-hybridized carbons (Fsp3) is 0.429. The third-order valence-electron chi connectivity index (χ3n) is 11.4. The Hall–Kier alpha value is -6.32. The monoisotopic (exact) mass is 792 g/mol. The lowest BCUT2D eigenvalue weighted by molar-refractivity contribution is -0.135. The van der Waals surface area contributed by atoms with Crippen molar-refractivity contribution in [3.8, 4) is 22.5 Å². The highest BCUT2D eigenvalue weighted by Crippen LogP contribution is 2.38. The molecule has 16 nitrogen and oxygen atoms in total. The number of aromatic amines is 1. The average molecular weight is 793 g/mol. The Morgan fingerprint density at radius 2 is 1.69 bits per heavy atom. The Morgan fingerprint density at radius 1 is 0.931 bits per heavy atom. The number of benzene rings is 1. The Bertz CT molecular complexity index is 2190. The maximum atomic E-state index is 13.5. The number of aromatic nitrogens is 4. The van der Waals surface area contributed by atoms with E-state index in [1.54, 1.807) is 41.6 Å². The normalized spacial score (nSPS) is 20.4. The van der Waals surface area contributed by atoms with E-state index in [0.717, 1.165) is 40.9 Å². The van der Waals surface area contributed by atoms with Gasteiger partial charge in [0, 0.05) is 60.3 Å². The molecule has 58 heavy (non-hydrogen) atoms. The summed E-state index contributed by atoms with van der Waals surface area (Å²) in [5.41, 5.74) is 5.32. The maximum Gasteiger partial charge on any atom is 0.407 e. The highest BCUT2D eigenvalue weighted by atomic mass is 16.5. The number of Topliss-reactive ketones (excluding diaryl/α,β-unsaturated/α-hetero) is 2. The molecule has 3 aliphatic rings. The number of hydrogen-bond acceptors (Lipinski definition) is 10. The molecule has 1 aliphatic carbocycles. The second kappa shape index (κ2) is 17.0. The molecule has 3 aromatic heterocycles. The SMILES string of the molecule is COC(=O)N[C@H]1CCc2ccn3c2C1C(=O)C[C@H](C(=O)NCC(=O)c1ccc(-c2ccc(-c4cnc([C@@H]5CCCN5C(=O)[C@@H](NC(=O)OC)C(C)C)[nH]4)cn2)cc1)C3. The van der Waals surface area contributed by atoms with Crippen LogP contribution in [0, 0.1) is 11.8 Å². The summed E-state index contributed by atoms with van der Waals surface area (Å²) in [4.78, 5) is 91.9. The van der Waals surface area contributed by atoms with Crippen LogP contribution >= 0.6 is 0 Å². The van der Waals surface area contributed by atoms with E-state index in [-0.39, 0.29) is 48.3 Å².